The van der Waals surface area contributed by atoms with Crippen LogP contribution in [0, 0.1) is 5.41 Å². The molecule has 3 N–H and O–H groups in total. The lowest BCUT2D eigenvalue weighted by Crippen LogP contribution is -2.41. The smallest absolute Gasteiger partial charge is 0.321 e. The molecule has 25 heavy (non-hydrogen) atoms. The van der Waals surface area contributed by atoms with E-state index in [0.29, 0.717) is 16.7 Å². The Hall–Kier alpha value is -2.04. The average Bonchev–Trinajstić information content (AvgIpc) is 2.42. The van der Waals surface area contributed by atoms with E-state index >= 15 is 0 Å². The van der Waals surface area contributed by atoms with Crippen LogP contribution in [0.4, 0.5) is 0 Å². The SMILES string of the molecule is CCC(Cc1cc(C(C)(C)C)c(O)c(C(C)(C)C)c1)(C(=O)O)C(=O)O. The van der Waals surface area contributed by atoms with Crippen molar-refractivity contribution >= 4 is 11.9 Å². The highest BCUT2D eigenvalue weighted by Crippen LogP contribution is 2.41. The van der Waals surface area contributed by atoms with E-state index in [9.17, 15) is 24.9 Å². The molecule has 140 valence electrons. The minimum atomic E-state index is -1.87. The van der Waals surface area contributed by atoms with E-state index in [2.05, 4.69) is 0 Å². The molecule has 1 aromatic rings. The molecule has 0 fully saturated rings. The number of benzene rings is 1. The van der Waals surface area contributed by atoms with Crippen LogP contribution in [0.3, 0.4) is 0 Å². The van der Waals surface area contributed by atoms with Crippen LogP contribution >= 0.6 is 0 Å². The molecule has 5 heteroatoms. The molecule has 0 aliphatic rings. The van der Waals surface area contributed by atoms with E-state index in [1.54, 1.807) is 19.1 Å². The second-order valence-electron chi connectivity index (χ2n) is 8.76. The summed E-state index contributed by atoms with van der Waals surface area (Å²) < 4.78 is 0. The van der Waals surface area contributed by atoms with Crippen LogP contribution in [0.2, 0.25) is 0 Å². The number of phenols is 1. The van der Waals surface area contributed by atoms with Gasteiger partial charge in [-0.2, -0.15) is 0 Å². The minimum absolute atomic E-state index is 0.0196. The van der Waals surface area contributed by atoms with Crippen LogP contribution in [0.15, 0.2) is 12.1 Å². The van der Waals surface area contributed by atoms with E-state index in [0.717, 1.165) is 0 Å². The molecular weight excluding hydrogens is 320 g/mol. The van der Waals surface area contributed by atoms with E-state index in [4.69, 9.17) is 0 Å². The van der Waals surface area contributed by atoms with Gasteiger partial charge in [0, 0.05) is 0 Å². The van der Waals surface area contributed by atoms with Gasteiger partial charge in [0.25, 0.3) is 0 Å². The van der Waals surface area contributed by atoms with Gasteiger partial charge in [0.05, 0.1) is 0 Å². The molecule has 0 aromatic heterocycles. The molecule has 0 saturated carbocycles. The summed E-state index contributed by atoms with van der Waals surface area (Å²) in [5.74, 6) is -2.49. The van der Waals surface area contributed by atoms with Crippen molar-refractivity contribution in [2.45, 2.75) is 72.1 Å². The second-order valence-corrected chi connectivity index (χ2v) is 8.76. The Morgan fingerprint density at radius 3 is 1.48 bits per heavy atom. The van der Waals surface area contributed by atoms with Gasteiger partial charge in [0.15, 0.2) is 5.41 Å². The van der Waals surface area contributed by atoms with Gasteiger partial charge in [-0.1, -0.05) is 60.6 Å². The fraction of sp³-hybridized carbons (Fsp3) is 0.600. The van der Waals surface area contributed by atoms with E-state index in [1.165, 1.54) is 0 Å². The van der Waals surface area contributed by atoms with Crippen molar-refractivity contribution in [1.82, 2.24) is 0 Å². The zero-order valence-corrected chi connectivity index (χ0v) is 16.2. The highest BCUT2D eigenvalue weighted by molar-refractivity contribution is 5.98. The Morgan fingerprint density at radius 1 is 0.880 bits per heavy atom. The summed E-state index contributed by atoms with van der Waals surface area (Å²) in [6, 6.07) is 3.47. The first-order valence-electron chi connectivity index (χ1n) is 8.50. The van der Waals surface area contributed by atoms with Gasteiger partial charge in [-0.25, -0.2) is 0 Å². The molecule has 0 saturated heterocycles. The number of phenolic OH excluding ortho intramolecular Hbond substituents is 1. The number of hydrogen-bond acceptors (Lipinski definition) is 3. The first-order chi connectivity index (χ1) is 11.2. The van der Waals surface area contributed by atoms with Crippen molar-refractivity contribution < 1.29 is 24.9 Å². The third kappa shape index (κ3) is 4.14. The molecule has 0 radical (unpaired) electrons. The Kier molecular flexibility index (Phi) is 5.62. The van der Waals surface area contributed by atoms with Gasteiger partial charge in [0.2, 0.25) is 0 Å². The lowest BCUT2D eigenvalue weighted by atomic mass is 9.74. The van der Waals surface area contributed by atoms with Gasteiger partial charge >= 0.3 is 11.9 Å². The van der Waals surface area contributed by atoms with Crippen LogP contribution in [0.5, 0.6) is 5.75 Å². The molecule has 1 rings (SSSR count). The number of rotatable bonds is 5. The zero-order valence-electron chi connectivity index (χ0n) is 16.2. The third-order valence-corrected chi connectivity index (χ3v) is 4.71. The Labute approximate surface area is 149 Å². The summed E-state index contributed by atoms with van der Waals surface area (Å²) in [6.45, 7) is 13.3. The highest BCUT2D eigenvalue weighted by atomic mass is 16.4. The molecule has 0 unspecified atom stereocenters. The van der Waals surface area contributed by atoms with Gasteiger partial charge in [-0.3, -0.25) is 9.59 Å². The van der Waals surface area contributed by atoms with Crippen molar-refractivity contribution in [2.24, 2.45) is 5.41 Å². The fourth-order valence-corrected chi connectivity index (χ4v) is 2.96. The minimum Gasteiger partial charge on any atom is -0.507 e. The maximum atomic E-state index is 11.7. The highest BCUT2D eigenvalue weighted by Gasteiger charge is 2.45. The second kappa shape index (κ2) is 6.70. The van der Waals surface area contributed by atoms with Gasteiger partial charge < -0.3 is 15.3 Å². The first kappa shape index (κ1) is 21.0. The van der Waals surface area contributed by atoms with E-state index < -0.39 is 17.4 Å². The summed E-state index contributed by atoms with van der Waals surface area (Å²) in [7, 11) is 0. The summed E-state index contributed by atoms with van der Waals surface area (Å²) in [5, 5.41) is 29.8. The van der Waals surface area contributed by atoms with Crippen LogP contribution in [-0.2, 0) is 26.8 Å². The maximum Gasteiger partial charge on any atom is 0.321 e. The van der Waals surface area contributed by atoms with Crippen molar-refractivity contribution in [3.05, 3.63) is 28.8 Å². The quantitative estimate of drug-likeness (QED) is 0.695. The number of carboxylic acids is 2. The molecule has 0 aliphatic carbocycles. The standard InChI is InChI=1S/C20H30O5/c1-8-20(16(22)23,17(24)25)11-12-9-13(18(2,3)4)15(21)14(10-12)19(5,6)7/h9-10,21H,8,11H2,1-7H3,(H,22,23)(H,24,25). The van der Waals surface area contributed by atoms with Crippen molar-refractivity contribution in [3.63, 3.8) is 0 Å². The summed E-state index contributed by atoms with van der Waals surface area (Å²) >= 11 is 0. The zero-order chi connectivity index (χ0) is 19.8. The molecule has 0 bridgehead atoms. The van der Waals surface area contributed by atoms with Crippen molar-refractivity contribution in [3.8, 4) is 5.75 Å². The van der Waals surface area contributed by atoms with Crippen LogP contribution in [0.25, 0.3) is 0 Å². The lowest BCUT2D eigenvalue weighted by Gasteiger charge is -2.30. The molecule has 1 aromatic carbocycles. The summed E-state index contributed by atoms with van der Waals surface area (Å²) in [5.41, 5.74) is -0.602. The van der Waals surface area contributed by atoms with Gasteiger partial charge in [-0.15, -0.1) is 0 Å². The van der Waals surface area contributed by atoms with E-state index in [1.807, 2.05) is 41.5 Å². The molecule has 0 amide bonds. The Morgan fingerprint density at radius 2 is 1.24 bits per heavy atom. The largest absolute Gasteiger partial charge is 0.507 e. The van der Waals surface area contributed by atoms with Crippen LogP contribution in [0.1, 0.15) is 71.6 Å². The predicted molar refractivity (Wildman–Crippen MR) is 97.2 cm³/mol. The van der Waals surface area contributed by atoms with Gasteiger partial charge in [-0.05, 0) is 40.4 Å². The number of carbonyl (C=O) groups is 2. The third-order valence-electron chi connectivity index (χ3n) is 4.71. The van der Waals surface area contributed by atoms with Gasteiger partial charge in [0.1, 0.15) is 5.75 Å². The molecule has 5 nitrogen and oxygen atoms in total. The van der Waals surface area contributed by atoms with Crippen molar-refractivity contribution in [2.75, 3.05) is 0 Å². The number of hydrogen-bond donors (Lipinski definition) is 3. The van der Waals surface area contributed by atoms with Crippen LogP contribution in [-0.4, -0.2) is 27.3 Å². The molecule has 0 spiro atoms. The summed E-state index contributed by atoms with van der Waals surface area (Å²) in [6.07, 6.45) is -0.144. The Balaban J connectivity index is 3.66. The molecular formula is C20H30O5. The molecule has 0 aliphatic heterocycles. The number of aromatic hydroxyl groups is 1. The molecule has 0 atom stereocenters. The lowest BCUT2D eigenvalue weighted by molar-refractivity contribution is -0.164. The topological polar surface area (TPSA) is 94.8 Å². The average molecular weight is 350 g/mol. The first-order valence-corrected chi connectivity index (χ1v) is 8.50. The normalized spacial score (nSPS) is 12.9. The number of carboxylic acid groups (broad SMARTS) is 2. The Bertz CT molecular complexity index is 625. The van der Waals surface area contributed by atoms with Crippen LogP contribution < -0.4 is 0 Å². The molecule has 0 heterocycles. The maximum absolute atomic E-state index is 11.7. The monoisotopic (exact) mass is 350 g/mol. The summed E-state index contributed by atoms with van der Waals surface area (Å²) in [4.78, 5) is 23.4. The predicted octanol–water partition coefficient (Wildman–Crippen LogP) is 4.10. The number of aliphatic carboxylic acids is 2. The van der Waals surface area contributed by atoms with E-state index in [-0.39, 0.29) is 29.4 Å². The fourth-order valence-electron chi connectivity index (χ4n) is 2.96. The van der Waals surface area contributed by atoms with Crippen molar-refractivity contribution in [1.29, 1.82) is 0 Å².